The average Bonchev–Trinajstić information content (AvgIpc) is 2.74. The summed E-state index contributed by atoms with van der Waals surface area (Å²) >= 11 is 7.48. The first-order valence-corrected chi connectivity index (χ1v) is 6.62. The first-order chi connectivity index (χ1) is 8.11. The quantitative estimate of drug-likeness (QED) is 0.811. The van der Waals surface area contributed by atoms with Gasteiger partial charge in [0.25, 0.3) is 0 Å². The summed E-state index contributed by atoms with van der Waals surface area (Å²) in [4.78, 5) is 4.63. The Kier molecular flexibility index (Phi) is 3.69. The summed E-state index contributed by atoms with van der Waals surface area (Å²) in [6.45, 7) is 4.26. The van der Waals surface area contributed by atoms with Crippen molar-refractivity contribution in [3.63, 3.8) is 0 Å². The fraction of sp³-hybridized carbons (Fsp3) is 0.308. The number of benzene rings is 1. The molecule has 1 aromatic heterocycles. The maximum atomic E-state index is 5.88. The third kappa shape index (κ3) is 2.61. The van der Waals surface area contributed by atoms with Crippen LogP contribution in [0.4, 0.5) is 0 Å². The second-order valence-electron chi connectivity index (χ2n) is 4.05. The average molecular weight is 268 g/mol. The topological polar surface area (TPSA) is 22.1 Å². The summed E-state index contributed by atoms with van der Waals surface area (Å²) in [5.74, 6) is 0.412. The largest absolute Gasteiger partial charge is 0.486 e. The zero-order valence-corrected chi connectivity index (χ0v) is 11.6. The van der Waals surface area contributed by atoms with Crippen molar-refractivity contribution >= 4 is 22.9 Å². The van der Waals surface area contributed by atoms with Crippen molar-refractivity contribution in [2.24, 2.45) is 0 Å². The van der Waals surface area contributed by atoms with Crippen LogP contribution in [0.2, 0.25) is 5.02 Å². The highest BCUT2D eigenvalue weighted by atomic mass is 35.5. The van der Waals surface area contributed by atoms with Gasteiger partial charge in [0.05, 0.1) is 12.1 Å². The molecule has 0 radical (unpaired) electrons. The van der Waals surface area contributed by atoms with Crippen LogP contribution in [0.1, 0.15) is 24.8 Å². The molecule has 0 amide bonds. The lowest BCUT2D eigenvalue weighted by Crippen LogP contribution is -1.86. The molecule has 0 bridgehead atoms. The van der Waals surface area contributed by atoms with Crippen LogP contribution in [0.15, 0.2) is 24.3 Å². The van der Waals surface area contributed by atoms with Crippen LogP contribution < -0.4 is 4.74 Å². The van der Waals surface area contributed by atoms with Gasteiger partial charge in [0.1, 0.15) is 5.69 Å². The maximum absolute atomic E-state index is 5.88. The number of halogens is 1. The Labute approximate surface area is 110 Å². The number of hydrogen-bond donors (Lipinski definition) is 0. The van der Waals surface area contributed by atoms with Gasteiger partial charge < -0.3 is 4.74 Å². The highest BCUT2D eigenvalue weighted by Crippen LogP contribution is 2.37. The van der Waals surface area contributed by atoms with Crippen molar-refractivity contribution in [3.05, 3.63) is 34.3 Å². The molecule has 0 unspecified atom stereocenters. The molecule has 1 aromatic carbocycles. The molecule has 90 valence electrons. The molecule has 0 aliphatic heterocycles. The van der Waals surface area contributed by atoms with E-state index in [0.29, 0.717) is 5.92 Å². The van der Waals surface area contributed by atoms with Gasteiger partial charge in [0.2, 0.25) is 5.06 Å². The van der Waals surface area contributed by atoms with E-state index >= 15 is 0 Å². The number of ether oxygens (including phenoxy) is 1. The highest BCUT2D eigenvalue weighted by Gasteiger charge is 2.15. The number of nitrogens with zero attached hydrogens (tertiary/aromatic N) is 1. The SMILES string of the molecule is COc1sc(C(C)C)nc1-c1ccc(Cl)cc1. The van der Waals surface area contributed by atoms with E-state index in [2.05, 4.69) is 18.8 Å². The molecular weight excluding hydrogens is 254 g/mol. The number of thiazole rings is 1. The molecule has 2 aromatic rings. The van der Waals surface area contributed by atoms with Crippen molar-refractivity contribution in [1.29, 1.82) is 0 Å². The molecule has 0 saturated carbocycles. The standard InChI is InChI=1S/C13H14ClNOS/c1-8(2)12-15-11(13(16-3)17-12)9-4-6-10(14)7-5-9/h4-8H,1-3H3. The Hall–Kier alpha value is -1.06. The lowest BCUT2D eigenvalue weighted by Gasteiger charge is -2.00. The highest BCUT2D eigenvalue weighted by molar-refractivity contribution is 7.14. The summed E-state index contributed by atoms with van der Waals surface area (Å²) in [5, 5.41) is 2.68. The molecule has 0 aliphatic carbocycles. The summed E-state index contributed by atoms with van der Waals surface area (Å²) in [6, 6.07) is 7.66. The summed E-state index contributed by atoms with van der Waals surface area (Å²) in [7, 11) is 1.68. The van der Waals surface area contributed by atoms with Crippen molar-refractivity contribution < 1.29 is 4.74 Å². The fourth-order valence-electron chi connectivity index (χ4n) is 1.50. The molecule has 0 N–H and O–H groups in total. The normalized spacial score (nSPS) is 10.9. The predicted molar refractivity (Wildman–Crippen MR) is 73.2 cm³/mol. The molecule has 2 rings (SSSR count). The van der Waals surface area contributed by atoms with Gasteiger partial charge in [0, 0.05) is 16.5 Å². The van der Waals surface area contributed by atoms with Crippen LogP contribution in [0.3, 0.4) is 0 Å². The third-order valence-electron chi connectivity index (χ3n) is 2.41. The second kappa shape index (κ2) is 5.07. The Balaban J connectivity index is 2.46. The molecule has 0 atom stereocenters. The third-order valence-corrected chi connectivity index (χ3v) is 3.98. The van der Waals surface area contributed by atoms with Crippen LogP contribution in [-0.4, -0.2) is 12.1 Å². The first-order valence-electron chi connectivity index (χ1n) is 5.42. The molecule has 0 aliphatic rings. The molecule has 0 fully saturated rings. The van der Waals surface area contributed by atoms with E-state index < -0.39 is 0 Å². The van der Waals surface area contributed by atoms with E-state index in [-0.39, 0.29) is 0 Å². The van der Waals surface area contributed by atoms with Crippen LogP contribution in [0.5, 0.6) is 5.06 Å². The van der Waals surface area contributed by atoms with Gasteiger partial charge in [-0.3, -0.25) is 0 Å². The molecule has 2 nitrogen and oxygen atoms in total. The van der Waals surface area contributed by atoms with Gasteiger partial charge in [0.15, 0.2) is 0 Å². The first kappa shape index (κ1) is 12.4. The van der Waals surface area contributed by atoms with Crippen LogP contribution in [0.25, 0.3) is 11.3 Å². The number of rotatable bonds is 3. The molecular formula is C13H14ClNOS. The van der Waals surface area contributed by atoms with Gasteiger partial charge >= 0.3 is 0 Å². The minimum absolute atomic E-state index is 0.412. The molecule has 0 spiro atoms. The van der Waals surface area contributed by atoms with Crippen LogP contribution in [0, 0.1) is 0 Å². The number of methoxy groups -OCH3 is 1. The van der Waals surface area contributed by atoms with Crippen LogP contribution >= 0.6 is 22.9 Å². The van der Waals surface area contributed by atoms with E-state index in [1.807, 2.05) is 24.3 Å². The van der Waals surface area contributed by atoms with E-state index in [1.54, 1.807) is 18.4 Å². The van der Waals surface area contributed by atoms with Crippen molar-refractivity contribution in [1.82, 2.24) is 4.98 Å². The lowest BCUT2D eigenvalue weighted by atomic mass is 10.1. The minimum Gasteiger partial charge on any atom is -0.486 e. The fourth-order valence-corrected chi connectivity index (χ4v) is 2.53. The van der Waals surface area contributed by atoms with Gasteiger partial charge in [-0.25, -0.2) is 4.98 Å². The van der Waals surface area contributed by atoms with E-state index in [0.717, 1.165) is 26.4 Å². The molecule has 0 saturated heterocycles. The van der Waals surface area contributed by atoms with Gasteiger partial charge in [-0.2, -0.15) is 0 Å². The van der Waals surface area contributed by atoms with E-state index in [1.165, 1.54) is 0 Å². The maximum Gasteiger partial charge on any atom is 0.202 e. The minimum atomic E-state index is 0.412. The van der Waals surface area contributed by atoms with Crippen molar-refractivity contribution in [2.45, 2.75) is 19.8 Å². The lowest BCUT2D eigenvalue weighted by molar-refractivity contribution is 0.428. The van der Waals surface area contributed by atoms with Gasteiger partial charge in [-0.15, -0.1) is 0 Å². The number of hydrogen-bond acceptors (Lipinski definition) is 3. The molecule has 17 heavy (non-hydrogen) atoms. The number of aromatic nitrogens is 1. The van der Waals surface area contributed by atoms with Crippen LogP contribution in [-0.2, 0) is 0 Å². The second-order valence-corrected chi connectivity index (χ2v) is 5.48. The zero-order chi connectivity index (χ0) is 12.4. The Bertz CT molecular complexity index is 505. The smallest absolute Gasteiger partial charge is 0.202 e. The Morgan fingerprint density at radius 2 is 1.88 bits per heavy atom. The van der Waals surface area contributed by atoms with Crippen molar-refractivity contribution in [3.8, 4) is 16.3 Å². The van der Waals surface area contributed by atoms with Gasteiger partial charge in [-0.05, 0) is 12.1 Å². The molecule has 1 heterocycles. The monoisotopic (exact) mass is 267 g/mol. The van der Waals surface area contributed by atoms with Gasteiger partial charge in [-0.1, -0.05) is 48.9 Å². The Morgan fingerprint density at radius 1 is 1.24 bits per heavy atom. The Morgan fingerprint density at radius 3 is 2.41 bits per heavy atom. The summed E-state index contributed by atoms with van der Waals surface area (Å²) in [6.07, 6.45) is 0. The summed E-state index contributed by atoms with van der Waals surface area (Å²) < 4.78 is 5.38. The molecule has 4 heteroatoms. The van der Waals surface area contributed by atoms with E-state index in [9.17, 15) is 0 Å². The summed E-state index contributed by atoms with van der Waals surface area (Å²) in [5.41, 5.74) is 1.94. The zero-order valence-electron chi connectivity index (χ0n) is 10.0. The van der Waals surface area contributed by atoms with E-state index in [4.69, 9.17) is 16.3 Å². The predicted octanol–water partition coefficient (Wildman–Crippen LogP) is 4.60. The van der Waals surface area contributed by atoms with Crippen molar-refractivity contribution in [2.75, 3.05) is 7.11 Å².